The average Bonchev–Trinajstić information content (AvgIpc) is 2.26. The third-order valence-electron chi connectivity index (χ3n) is 2.18. The monoisotopic (exact) mass is 306 g/mol. The molecule has 1 N–H and O–H groups in total. The minimum absolute atomic E-state index is 0.0654. The van der Waals surface area contributed by atoms with Crippen molar-refractivity contribution in [2.45, 2.75) is 0 Å². The highest BCUT2D eigenvalue weighted by molar-refractivity contribution is 7.90. The molecule has 0 spiro atoms. The zero-order valence-corrected chi connectivity index (χ0v) is 11.5. The minimum atomic E-state index is -3.19. The smallest absolute Gasteiger partial charge is 0.288 e. The van der Waals surface area contributed by atoms with Gasteiger partial charge in [0.25, 0.3) is 11.6 Å². The van der Waals surface area contributed by atoms with Crippen molar-refractivity contribution >= 4 is 33.0 Å². The van der Waals surface area contributed by atoms with Crippen LogP contribution < -0.4 is 5.32 Å². The van der Waals surface area contributed by atoms with Crippen LogP contribution in [-0.4, -0.2) is 37.8 Å². The van der Waals surface area contributed by atoms with E-state index in [4.69, 9.17) is 11.6 Å². The van der Waals surface area contributed by atoms with E-state index >= 15 is 0 Å². The van der Waals surface area contributed by atoms with Crippen LogP contribution in [0.1, 0.15) is 10.4 Å². The second-order valence-corrected chi connectivity index (χ2v) is 6.42. The summed E-state index contributed by atoms with van der Waals surface area (Å²) in [5, 5.41) is 12.7. The molecule has 1 aromatic rings. The van der Waals surface area contributed by atoms with Crippen molar-refractivity contribution in [1.82, 2.24) is 5.32 Å². The highest BCUT2D eigenvalue weighted by Crippen LogP contribution is 2.27. The molecule has 0 aliphatic rings. The van der Waals surface area contributed by atoms with Crippen molar-refractivity contribution < 1.29 is 18.1 Å². The number of carbonyl (C=O) groups excluding carboxylic acids is 1. The molecule has 0 fully saturated rings. The number of hydrogen-bond donors (Lipinski definition) is 1. The summed E-state index contributed by atoms with van der Waals surface area (Å²) in [5.74, 6) is -0.872. The number of nitrogens with zero attached hydrogens (tertiary/aromatic N) is 1. The summed E-state index contributed by atoms with van der Waals surface area (Å²) in [6.07, 6.45) is 1.04. The van der Waals surface area contributed by atoms with Gasteiger partial charge in [0.05, 0.1) is 16.2 Å². The number of benzene rings is 1. The van der Waals surface area contributed by atoms with Crippen molar-refractivity contribution in [2.75, 3.05) is 18.6 Å². The molecule has 0 saturated heterocycles. The fourth-order valence-corrected chi connectivity index (χ4v) is 2.04. The van der Waals surface area contributed by atoms with Crippen molar-refractivity contribution in [1.29, 1.82) is 0 Å². The number of sulfone groups is 1. The molecule has 0 bridgehead atoms. The normalized spacial score (nSPS) is 11.1. The Labute approximate surface area is 114 Å². The fourth-order valence-electron chi connectivity index (χ4n) is 1.28. The summed E-state index contributed by atoms with van der Waals surface area (Å²) >= 11 is 5.75. The van der Waals surface area contributed by atoms with E-state index < -0.39 is 20.7 Å². The van der Waals surface area contributed by atoms with Crippen LogP contribution in [0.4, 0.5) is 5.69 Å². The summed E-state index contributed by atoms with van der Waals surface area (Å²) in [5.41, 5.74) is -0.443. The highest BCUT2D eigenvalue weighted by atomic mass is 35.5. The molecule has 19 heavy (non-hydrogen) atoms. The van der Waals surface area contributed by atoms with Crippen LogP contribution in [0, 0.1) is 10.1 Å². The molecule has 0 radical (unpaired) electrons. The maximum Gasteiger partial charge on any atom is 0.288 e. The molecule has 1 aromatic carbocycles. The third-order valence-corrected chi connectivity index (χ3v) is 3.52. The van der Waals surface area contributed by atoms with E-state index in [0.717, 1.165) is 6.26 Å². The second-order valence-electron chi connectivity index (χ2n) is 3.78. The van der Waals surface area contributed by atoms with Crippen molar-refractivity contribution in [3.05, 3.63) is 38.9 Å². The molecule has 0 saturated carbocycles. The number of carbonyl (C=O) groups is 1. The Bertz CT molecular complexity index is 614. The van der Waals surface area contributed by atoms with Crippen molar-refractivity contribution in [3.63, 3.8) is 0 Å². The highest BCUT2D eigenvalue weighted by Gasteiger charge is 2.19. The molecule has 1 rings (SSSR count). The Balaban J connectivity index is 2.83. The fraction of sp³-hybridized carbons (Fsp3) is 0.300. The molecule has 0 aliphatic carbocycles. The van der Waals surface area contributed by atoms with E-state index in [1.165, 1.54) is 18.2 Å². The Hall–Kier alpha value is -1.67. The van der Waals surface area contributed by atoms with Gasteiger partial charge < -0.3 is 5.32 Å². The van der Waals surface area contributed by atoms with Crippen LogP contribution in [0.3, 0.4) is 0 Å². The zero-order valence-electron chi connectivity index (χ0n) is 9.92. The first-order valence-electron chi connectivity index (χ1n) is 5.11. The quantitative estimate of drug-likeness (QED) is 0.645. The van der Waals surface area contributed by atoms with Crippen molar-refractivity contribution in [2.24, 2.45) is 0 Å². The van der Waals surface area contributed by atoms with E-state index in [1.54, 1.807) is 0 Å². The maximum atomic E-state index is 11.7. The van der Waals surface area contributed by atoms with Gasteiger partial charge in [-0.15, -0.1) is 0 Å². The number of nitro groups is 1. The van der Waals surface area contributed by atoms with Crippen molar-refractivity contribution in [3.8, 4) is 0 Å². The molecule has 0 unspecified atom stereocenters. The van der Waals surface area contributed by atoms with Crippen LogP contribution in [-0.2, 0) is 9.84 Å². The van der Waals surface area contributed by atoms with Gasteiger partial charge in [0.15, 0.2) is 0 Å². The Morgan fingerprint density at radius 2 is 2.11 bits per heavy atom. The third kappa shape index (κ3) is 4.49. The van der Waals surface area contributed by atoms with E-state index in [-0.39, 0.29) is 28.6 Å². The topological polar surface area (TPSA) is 106 Å². The van der Waals surface area contributed by atoms with E-state index in [0.29, 0.717) is 0 Å². The van der Waals surface area contributed by atoms with Crippen LogP contribution >= 0.6 is 11.6 Å². The molecular formula is C10H11ClN2O5S. The van der Waals surface area contributed by atoms with Crippen LogP contribution in [0.15, 0.2) is 18.2 Å². The van der Waals surface area contributed by atoms with Crippen LogP contribution in [0.25, 0.3) is 0 Å². The first-order chi connectivity index (χ1) is 8.72. The Kier molecular flexibility index (Phi) is 4.84. The predicted molar refractivity (Wildman–Crippen MR) is 70.2 cm³/mol. The standard InChI is InChI=1S/C10H11ClN2O5S/c1-19(17,18)6-5-12-10(14)7-3-2-4-8(9(7)11)13(15)16/h2-4H,5-6H2,1H3,(H,12,14). The molecule has 9 heteroatoms. The van der Waals surface area contributed by atoms with Gasteiger partial charge in [-0.1, -0.05) is 17.7 Å². The van der Waals surface area contributed by atoms with Gasteiger partial charge in [-0.3, -0.25) is 14.9 Å². The molecule has 0 aromatic heterocycles. The first kappa shape index (κ1) is 15.4. The lowest BCUT2D eigenvalue weighted by Crippen LogP contribution is -2.29. The molecule has 0 atom stereocenters. The molecule has 104 valence electrons. The number of halogens is 1. The number of amides is 1. The molecule has 0 aliphatic heterocycles. The van der Waals surface area contributed by atoms with Gasteiger partial charge in [0.2, 0.25) is 0 Å². The summed E-state index contributed by atoms with van der Waals surface area (Å²) in [4.78, 5) is 21.7. The molecule has 0 heterocycles. The number of rotatable bonds is 5. The van der Waals surface area contributed by atoms with Gasteiger partial charge in [0, 0.05) is 18.9 Å². The van der Waals surface area contributed by atoms with E-state index in [2.05, 4.69) is 5.32 Å². The lowest BCUT2D eigenvalue weighted by atomic mass is 10.2. The van der Waals surface area contributed by atoms with Gasteiger partial charge in [-0.25, -0.2) is 8.42 Å². The maximum absolute atomic E-state index is 11.7. The predicted octanol–water partition coefficient (Wildman–Crippen LogP) is 1.02. The van der Waals surface area contributed by atoms with Gasteiger partial charge in [-0.2, -0.15) is 0 Å². The Morgan fingerprint density at radius 3 is 2.63 bits per heavy atom. The second kappa shape index (κ2) is 5.98. The first-order valence-corrected chi connectivity index (χ1v) is 7.55. The average molecular weight is 307 g/mol. The minimum Gasteiger partial charge on any atom is -0.351 e. The SMILES string of the molecule is CS(=O)(=O)CCNC(=O)c1cccc([N+](=O)[O-])c1Cl. The summed E-state index contributed by atoms with van der Waals surface area (Å²) < 4.78 is 21.8. The lowest BCUT2D eigenvalue weighted by molar-refractivity contribution is -0.384. The van der Waals surface area contributed by atoms with Crippen LogP contribution in [0.2, 0.25) is 5.02 Å². The number of hydrogen-bond acceptors (Lipinski definition) is 5. The lowest BCUT2D eigenvalue weighted by Gasteiger charge is -2.06. The summed E-state index contributed by atoms with van der Waals surface area (Å²) in [6.45, 7) is -0.0866. The summed E-state index contributed by atoms with van der Waals surface area (Å²) in [7, 11) is -3.19. The molecular weight excluding hydrogens is 296 g/mol. The van der Waals surface area contributed by atoms with E-state index in [1.807, 2.05) is 0 Å². The number of nitrogens with one attached hydrogen (secondary N) is 1. The largest absolute Gasteiger partial charge is 0.351 e. The summed E-state index contributed by atoms with van der Waals surface area (Å²) in [6, 6.07) is 3.83. The van der Waals surface area contributed by atoms with Gasteiger partial charge >= 0.3 is 0 Å². The molecule has 7 nitrogen and oxygen atoms in total. The van der Waals surface area contributed by atoms with Gasteiger partial charge in [0.1, 0.15) is 14.9 Å². The number of nitro benzene ring substituents is 1. The Morgan fingerprint density at radius 1 is 1.47 bits per heavy atom. The molecule has 1 amide bonds. The zero-order chi connectivity index (χ0) is 14.6. The van der Waals surface area contributed by atoms with E-state index in [9.17, 15) is 23.3 Å². The van der Waals surface area contributed by atoms with Gasteiger partial charge in [-0.05, 0) is 6.07 Å². The van der Waals surface area contributed by atoms with Crippen LogP contribution in [0.5, 0.6) is 0 Å².